The van der Waals surface area contributed by atoms with Crippen molar-refractivity contribution in [2.75, 3.05) is 6.61 Å². The van der Waals surface area contributed by atoms with Crippen LogP contribution in [0.5, 0.6) is 0 Å². The molecule has 1 aliphatic rings. The fraction of sp³-hybridized carbons (Fsp3) is 0.471. The molecule has 1 fully saturated rings. The predicted octanol–water partition coefficient (Wildman–Crippen LogP) is 2.28. The Kier molecular flexibility index (Phi) is 4.32. The first-order valence-corrected chi connectivity index (χ1v) is 7.98. The zero-order valence-corrected chi connectivity index (χ0v) is 13.4. The number of aromatic nitrogens is 2. The van der Waals surface area contributed by atoms with E-state index in [0.717, 1.165) is 19.3 Å². The highest BCUT2D eigenvalue weighted by Gasteiger charge is 2.29. The van der Waals surface area contributed by atoms with E-state index in [4.69, 9.17) is 4.74 Å². The average molecular weight is 315 g/mol. The van der Waals surface area contributed by atoms with Crippen molar-refractivity contribution in [2.45, 2.75) is 45.2 Å². The number of esters is 1. The van der Waals surface area contributed by atoms with Gasteiger partial charge in [-0.25, -0.2) is 9.78 Å². The Morgan fingerprint density at radius 3 is 2.70 bits per heavy atom. The van der Waals surface area contributed by atoms with E-state index in [-0.39, 0.29) is 30.3 Å². The van der Waals surface area contributed by atoms with Crippen LogP contribution in [0.3, 0.4) is 0 Å². The van der Waals surface area contributed by atoms with E-state index in [1.165, 1.54) is 0 Å². The van der Waals surface area contributed by atoms with E-state index in [2.05, 4.69) is 4.98 Å². The van der Waals surface area contributed by atoms with Gasteiger partial charge in [0.15, 0.2) is 12.3 Å². The van der Waals surface area contributed by atoms with Gasteiger partial charge in [0, 0.05) is 24.5 Å². The van der Waals surface area contributed by atoms with Crippen LogP contribution in [-0.2, 0) is 9.53 Å². The Balaban J connectivity index is 1.63. The van der Waals surface area contributed by atoms with Crippen LogP contribution in [0.4, 0.5) is 0 Å². The number of hydrogen-bond acceptors (Lipinski definition) is 4. The minimum atomic E-state index is -0.570. The molecule has 0 bridgehead atoms. The lowest BCUT2D eigenvalue weighted by Crippen LogP contribution is -2.49. The largest absolute Gasteiger partial charge is 0.451 e. The summed E-state index contributed by atoms with van der Waals surface area (Å²) in [6, 6.07) is 5.89. The van der Waals surface area contributed by atoms with Crippen molar-refractivity contribution >= 4 is 17.5 Å². The molecule has 2 atom stereocenters. The zero-order valence-electron chi connectivity index (χ0n) is 13.4. The summed E-state index contributed by atoms with van der Waals surface area (Å²) in [5.41, 5.74) is 0.882. The van der Waals surface area contributed by atoms with Crippen LogP contribution in [0.1, 0.15) is 43.6 Å². The van der Waals surface area contributed by atoms with E-state index < -0.39 is 5.97 Å². The number of amides is 1. The fourth-order valence-electron chi connectivity index (χ4n) is 3.22. The third-order valence-electron chi connectivity index (χ3n) is 4.38. The van der Waals surface area contributed by atoms with Crippen LogP contribution in [0, 0.1) is 0 Å². The van der Waals surface area contributed by atoms with Crippen LogP contribution in [0.15, 0.2) is 30.6 Å². The Morgan fingerprint density at radius 1 is 1.26 bits per heavy atom. The molecule has 2 aromatic heterocycles. The number of hydrogen-bond donors (Lipinski definition) is 0. The summed E-state index contributed by atoms with van der Waals surface area (Å²) < 4.78 is 6.91. The Morgan fingerprint density at radius 2 is 2.00 bits per heavy atom. The molecule has 1 amide bonds. The molecule has 1 saturated heterocycles. The van der Waals surface area contributed by atoms with Crippen molar-refractivity contribution in [2.24, 2.45) is 0 Å². The van der Waals surface area contributed by atoms with Gasteiger partial charge in [-0.2, -0.15) is 0 Å². The summed E-state index contributed by atoms with van der Waals surface area (Å²) in [5.74, 6) is -0.707. The minimum Gasteiger partial charge on any atom is -0.451 e. The number of likely N-dealkylation sites (tertiary alicyclic amines) is 1. The number of fused-ring (bicyclic) bond motifs is 1. The molecule has 0 spiro atoms. The molecule has 0 radical (unpaired) electrons. The summed E-state index contributed by atoms with van der Waals surface area (Å²) in [5, 5.41) is 0. The molecule has 1 aliphatic heterocycles. The van der Waals surface area contributed by atoms with Crippen molar-refractivity contribution in [3.05, 3.63) is 36.3 Å². The molecule has 0 unspecified atom stereocenters. The molecule has 0 N–H and O–H groups in total. The summed E-state index contributed by atoms with van der Waals surface area (Å²) in [6.45, 7) is 3.84. The van der Waals surface area contributed by atoms with Gasteiger partial charge < -0.3 is 14.0 Å². The van der Waals surface area contributed by atoms with Crippen molar-refractivity contribution in [1.29, 1.82) is 0 Å². The Hall–Kier alpha value is -2.37. The van der Waals surface area contributed by atoms with Crippen molar-refractivity contribution in [3.8, 4) is 0 Å². The van der Waals surface area contributed by atoms with Crippen LogP contribution >= 0.6 is 0 Å². The number of ether oxygens (including phenoxy) is 1. The lowest BCUT2D eigenvalue weighted by Gasteiger charge is -2.38. The van der Waals surface area contributed by atoms with Gasteiger partial charge in [-0.3, -0.25) is 4.79 Å². The highest BCUT2D eigenvalue weighted by atomic mass is 16.5. The number of pyridine rings is 1. The molecule has 3 rings (SSSR count). The first kappa shape index (κ1) is 15.5. The molecule has 0 aromatic carbocycles. The molecule has 3 heterocycles. The number of nitrogens with zero attached hydrogens (tertiary/aromatic N) is 3. The van der Waals surface area contributed by atoms with Crippen LogP contribution in [0.25, 0.3) is 5.65 Å². The highest BCUT2D eigenvalue weighted by Crippen LogP contribution is 2.22. The molecule has 6 heteroatoms. The summed E-state index contributed by atoms with van der Waals surface area (Å²) in [7, 11) is 0. The quantitative estimate of drug-likeness (QED) is 0.815. The van der Waals surface area contributed by atoms with Gasteiger partial charge in [-0.15, -0.1) is 0 Å². The monoisotopic (exact) mass is 315 g/mol. The second-order valence-electron chi connectivity index (χ2n) is 6.10. The van der Waals surface area contributed by atoms with Gasteiger partial charge in [0.05, 0.1) is 0 Å². The average Bonchev–Trinajstić information content (AvgIpc) is 2.96. The van der Waals surface area contributed by atoms with Gasteiger partial charge >= 0.3 is 5.97 Å². The van der Waals surface area contributed by atoms with E-state index in [0.29, 0.717) is 5.65 Å². The summed E-state index contributed by atoms with van der Waals surface area (Å²) >= 11 is 0. The second-order valence-corrected chi connectivity index (χ2v) is 6.10. The molecular weight excluding hydrogens is 294 g/mol. The Labute approximate surface area is 135 Å². The lowest BCUT2D eigenvalue weighted by atomic mass is 9.97. The van der Waals surface area contributed by atoms with Gasteiger partial charge in [-0.1, -0.05) is 6.07 Å². The maximum absolute atomic E-state index is 12.3. The molecule has 0 saturated carbocycles. The van der Waals surface area contributed by atoms with E-state index in [1.54, 1.807) is 22.9 Å². The van der Waals surface area contributed by atoms with Crippen molar-refractivity contribution in [1.82, 2.24) is 14.3 Å². The fourth-order valence-corrected chi connectivity index (χ4v) is 3.22. The maximum Gasteiger partial charge on any atom is 0.359 e. The smallest absolute Gasteiger partial charge is 0.359 e. The third kappa shape index (κ3) is 3.21. The number of rotatable bonds is 3. The van der Waals surface area contributed by atoms with E-state index in [9.17, 15) is 9.59 Å². The first-order valence-electron chi connectivity index (χ1n) is 7.98. The minimum absolute atomic E-state index is 0.137. The number of imidazole rings is 1. The van der Waals surface area contributed by atoms with Gasteiger partial charge in [0.1, 0.15) is 5.65 Å². The van der Waals surface area contributed by atoms with Gasteiger partial charge in [0.25, 0.3) is 5.91 Å². The standard InChI is InChI=1S/C17H21N3O3/c1-12-6-5-7-13(2)20(12)16(21)11-23-17(22)14-10-19-9-4-3-8-15(19)18-14/h3-4,8-10,12-13H,5-7,11H2,1-2H3/t12-,13+. The normalized spacial score (nSPS) is 21.4. The van der Waals surface area contributed by atoms with E-state index in [1.807, 2.05) is 30.9 Å². The molecule has 2 aromatic rings. The second kappa shape index (κ2) is 6.40. The summed E-state index contributed by atoms with van der Waals surface area (Å²) in [6.07, 6.45) is 6.54. The van der Waals surface area contributed by atoms with Gasteiger partial charge in [0.2, 0.25) is 0 Å². The number of piperidine rings is 1. The molecule has 0 aliphatic carbocycles. The first-order chi connectivity index (χ1) is 11.1. The van der Waals surface area contributed by atoms with Crippen LogP contribution < -0.4 is 0 Å². The van der Waals surface area contributed by atoms with Crippen LogP contribution in [0.2, 0.25) is 0 Å². The number of carbonyl (C=O) groups excluding carboxylic acids is 2. The SMILES string of the molecule is C[C@@H]1CCC[C@H](C)N1C(=O)COC(=O)c1cn2ccccc2n1. The predicted molar refractivity (Wildman–Crippen MR) is 85.1 cm³/mol. The van der Waals surface area contributed by atoms with Crippen molar-refractivity contribution < 1.29 is 14.3 Å². The van der Waals surface area contributed by atoms with E-state index >= 15 is 0 Å². The summed E-state index contributed by atoms with van der Waals surface area (Å²) in [4.78, 5) is 30.5. The van der Waals surface area contributed by atoms with Crippen molar-refractivity contribution in [3.63, 3.8) is 0 Å². The van der Waals surface area contributed by atoms with Crippen LogP contribution in [-0.4, -0.2) is 44.9 Å². The topological polar surface area (TPSA) is 63.9 Å². The Bertz CT molecular complexity index is 682. The molecule has 122 valence electrons. The number of carbonyl (C=O) groups is 2. The molecule has 6 nitrogen and oxygen atoms in total. The maximum atomic E-state index is 12.3. The highest BCUT2D eigenvalue weighted by molar-refractivity contribution is 5.90. The molecule has 23 heavy (non-hydrogen) atoms. The third-order valence-corrected chi connectivity index (χ3v) is 4.38. The molecular formula is C17H21N3O3. The lowest BCUT2D eigenvalue weighted by molar-refractivity contribution is -0.140. The van der Waals surface area contributed by atoms with Gasteiger partial charge in [-0.05, 0) is 45.2 Å². The zero-order chi connectivity index (χ0) is 16.4.